The summed E-state index contributed by atoms with van der Waals surface area (Å²) in [6.45, 7) is 4.20. The van der Waals surface area contributed by atoms with Gasteiger partial charge in [0.15, 0.2) is 0 Å². The summed E-state index contributed by atoms with van der Waals surface area (Å²) in [4.78, 5) is 7.35. The third kappa shape index (κ3) is 2.78. The van der Waals surface area contributed by atoms with E-state index < -0.39 is 0 Å². The number of hydrogen-bond acceptors (Lipinski definition) is 3. The van der Waals surface area contributed by atoms with Gasteiger partial charge >= 0.3 is 0 Å². The number of rotatable bonds is 4. The standard InChI is InChI=1S/C21H28N4/c1-14-9-10-18-16(13-14)19-20(22)15-7-4-5-8-17(15)23-21(19)25(18)12-6-11-24(2)3/h9-10,13H,4-8,11-12H2,1-3H3,(H2,22,23). The highest BCUT2D eigenvalue weighted by atomic mass is 15.1. The number of aromatic nitrogens is 2. The van der Waals surface area contributed by atoms with Crippen LogP contribution in [0.4, 0.5) is 5.69 Å². The molecule has 4 rings (SSSR count). The minimum absolute atomic E-state index is 0.974. The van der Waals surface area contributed by atoms with E-state index >= 15 is 0 Å². The maximum Gasteiger partial charge on any atom is 0.143 e. The maximum atomic E-state index is 6.68. The van der Waals surface area contributed by atoms with Crippen molar-refractivity contribution in [3.63, 3.8) is 0 Å². The first-order chi connectivity index (χ1) is 12.1. The second-order valence-corrected chi connectivity index (χ2v) is 7.69. The van der Waals surface area contributed by atoms with Gasteiger partial charge in [0.1, 0.15) is 5.65 Å². The lowest BCUT2D eigenvalue weighted by Crippen LogP contribution is -2.15. The van der Waals surface area contributed by atoms with E-state index in [0.29, 0.717) is 0 Å². The van der Waals surface area contributed by atoms with E-state index in [1.165, 1.54) is 46.0 Å². The normalized spacial score (nSPS) is 14.6. The van der Waals surface area contributed by atoms with Gasteiger partial charge in [0, 0.05) is 23.3 Å². The van der Waals surface area contributed by atoms with Crippen molar-refractivity contribution in [2.75, 3.05) is 26.4 Å². The lowest BCUT2D eigenvalue weighted by atomic mass is 9.93. The highest BCUT2D eigenvalue weighted by molar-refractivity contribution is 6.13. The van der Waals surface area contributed by atoms with E-state index in [1.54, 1.807) is 0 Å². The molecule has 0 amide bonds. The first kappa shape index (κ1) is 16.4. The zero-order valence-corrected chi connectivity index (χ0v) is 15.6. The van der Waals surface area contributed by atoms with Gasteiger partial charge in [0.25, 0.3) is 0 Å². The van der Waals surface area contributed by atoms with Crippen molar-refractivity contribution < 1.29 is 0 Å². The van der Waals surface area contributed by atoms with Gasteiger partial charge in [-0.15, -0.1) is 0 Å². The molecular formula is C21H28N4. The lowest BCUT2D eigenvalue weighted by molar-refractivity contribution is 0.389. The summed E-state index contributed by atoms with van der Waals surface area (Å²) in [6.07, 6.45) is 5.70. The summed E-state index contributed by atoms with van der Waals surface area (Å²) in [6, 6.07) is 6.70. The first-order valence-electron chi connectivity index (χ1n) is 9.41. The number of pyridine rings is 1. The number of anilines is 1. The van der Waals surface area contributed by atoms with E-state index in [1.807, 2.05) is 0 Å². The number of nitrogen functional groups attached to an aromatic ring is 1. The van der Waals surface area contributed by atoms with Crippen molar-refractivity contribution in [1.29, 1.82) is 0 Å². The highest BCUT2D eigenvalue weighted by Crippen LogP contribution is 2.37. The van der Waals surface area contributed by atoms with Gasteiger partial charge in [-0.3, -0.25) is 0 Å². The molecule has 2 heterocycles. The van der Waals surface area contributed by atoms with Crippen molar-refractivity contribution >= 4 is 27.6 Å². The van der Waals surface area contributed by atoms with Crippen LogP contribution in [0.2, 0.25) is 0 Å². The summed E-state index contributed by atoms with van der Waals surface area (Å²) in [5.74, 6) is 0. The molecular weight excluding hydrogens is 308 g/mol. The maximum absolute atomic E-state index is 6.68. The molecule has 0 bridgehead atoms. The Morgan fingerprint density at radius 2 is 2.00 bits per heavy atom. The summed E-state index contributed by atoms with van der Waals surface area (Å²) < 4.78 is 2.39. The SMILES string of the molecule is Cc1ccc2c(c1)c1c(N)c3c(nc1n2CCCN(C)C)CCCC3. The topological polar surface area (TPSA) is 47.1 Å². The van der Waals surface area contributed by atoms with Gasteiger partial charge in [-0.05, 0) is 77.4 Å². The van der Waals surface area contributed by atoms with Gasteiger partial charge in [0.05, 0.1) is 10.9 Å². The zero-order valence-electron chi connectivity index (χ0n) is 15.6. The summed E-state index contributed by atoms with van der Waals surface area (Å²) in [5.41, 5.74) is 13.8. The molecule has 2 aromatic heterocycles. The monoisotopic (exact) mass is 336 g/mol. The summed E-state index contributed by atoms with van der Waals surface area (Å²) in [7, 11) is 4.25. The Kier molecular flexibility index (Phi) is 4.16. The third-order valence-corrected chi connectivity index (χ3v) is 5.45. The Hall–Kier alpha value is -2.07. The molecule has 0 radical (unpaired) electrons. The number of aryl methyl sites for hydroxylation is 3. The van der Waals surface area contributed by atoms with Crippen LogP contribution in [0.5, 0.6) is 0 Å². The summed E-state index contributed by atoms with van der Waals surface area (Å²) >= 11 is 0. The van der Waals surface area contributed by atoms with Crippen LogP contribution >= 0.6 is 0 Å². The quantitative estimate of drug-likeness (QED) is 0.786. The van der Waals surface area contributed by atoms with Crippen LogP contribution in [-0.2, 0) is 19.4 Å². The van der Waals surface area contributed by atoms with E-state index in [4.69, 9.17) is 10.7 Å². The molecule has 1 aromatic carbocycles. The predicted molar refractivity (Wildman–Crippen MR) is 106 cm³/mol. The minimum atomic E-state index is 0.974. The minimum Gasteiger partial charge on any atom is -0.398 e. The fourth-order valence-electron chi connectivity index (χ4n) is 4.19. The van der Waals surface area contributed by atoms with Gasteiger partial charge in [-0.1, -0.05) is 11.6 Å². The fraction of sp³-hybridized carbons (Fsp3) is 0.476. The molecule has 0 saturated heterocycles. The molecule has 0 fully saturated rings. The van der Waals surface area contributed by atoms with Gasteiger partial charge < -0.3 is 15.2 Å². The van der Waals surface area contributed by atoms with Gasteiger partial charge in [0.2, 0.25) is 0 Å². The van der Waals surface area contributed by atoms with E-state index in [0.717, 1.165) is 43.7 Å². The third-order valence-electron chi connectivity index (χ3n) is 5.45. The highest BCUT2D eigenvalue weighted by Gasteiger charge is 2.21. The van der Waals surface area contributed by atoms with Crippen molar-refractivity contribution in [2.45, 2.75) is 45.6 Å². The van der Waals surface area contributed by atoms with E-state index in [-0.39, 0.29) is 0 Å². The van der Waals surface area contributed by atoms with Crippen LogP contribution in [0.1, 0.15) is 36.1 Å². The molecule has 0 atom stereocenters. The van der Waals surface area contributed by atoms with Crippen molar-refractivity contribution in [3.05, 3.63) is 35.0 Å². The first-order valence-corrected chi connectivity index (χ1v) is 9.41. The van der Waals surface area contributed by atoms with Gasteiger partial charge in [-0.2, -0.15) is 0 Å². The molecule has 3 aromatic rings. The molecule has 4 heteroatoms. The van der Waals surface area contributed by atoms with E-state index in [9.17, 15) is 0 Å². The predicted octanol–water partition coefficient (Wildman–Crippen LogP) is 3.91. The number of nitrogens with two attached hydrogens (primary N) is 1. The second kappa shape index (κ2) is 6.34. The fourth-order valence-corrected chi connectivity index (χ4v) is 4.19. The molecule has 0 saturated carbocycles. The molecule has 1 aliphatic rings. The van der Waals surface area contributed by atoms with Crippen molar-refractivity contribution in [1.82, 2.24) is 14.5 Å². The summed E-state index contributed by atoms with van der Waals surface area (Å²) in [5, 5.41) is 2.43. The average molecular weight is 336 g/mol. The molecule has 0 spiro atoms. The molecule has 2 N–H and O–H groups in total. The zero-order chi connectivity index (χ0) is 17.6. The Labute approximate surface area is 149 Å². The van der Waals surface area contributed by atoms with Crippen LogP contribution in [0.15, 0.2) is 18.2 Å². The Morgan fingerprint density at radius 1 is 1.20 bits per heavy atom. The second-order valence-electron chi connectivity index (χ2n) is 7.69. The van der Waals surface area contributed by atoms with Crippen molar-refractivity contribution in [2.24, 2.45) is 0 Å². The Bertz CT molecular complexity index is 936. The van der Waals surface area contributed by atoms with Crippen LogP contribution in [0.25, 0.3) is 21.9 Å². The Morgan fingerprint density at radius 3 is 2.80 bits per heavy atom. The smallest absolute Gasteiger partial charge is 0.143 e. The largest absolute Gasteiger partial charge is 0.398 e. The van der Waals surface area contributed by atoms with Crippen molar-refractivity contribution in [3.8, 4) is 0 Å². The van der Waals surface area contributed by atoms with Gasteiger partial charge in [-0.25, -0.2) is 4.98 Å². The van der Waals surface area contributed by atoms with E-state index in [2.05, 4.69) is 48.7 Å². The molecule has 0 unspecified atom stereocenters. The Balaban J connectivity index is 1.96. The molecule has 132 valence electrons. The number of fused-ring (bicyclic) bond motifs is 4. The lowest BCUT2D eigenvalue weighted by Gasteiger charge is -2.18. The van der Waals surface area contributed by atoms with Crippen LogP contribution < -0.4 is 5.73 Å². The number of benzene rings is 1. The molecule has 4 nitrogen and oxygen atoms in total. The molecule has 25 heavy (non-hydrogen) atoms. The number of nitrogens with zero attached hydrogens (tertiary/aromatic N) is 3. The van der Waals surface area contributed by atoms with Crippen LogP contribution in [-0.4, -0.2) is 35.1 Å². The number of hydrogen-bond donors (Lipinski definition) is 1. The molecule has 1 aliphatic carbocycles. The van der Waals surface area contributed by atoms with Crippen LogP contribution in [0, 0.1) is 6.92 Å². The average Bonchev–Trinajstić information content (AvgIpc) is 2.88. The van der Waals surface area contributed by atoms with Crippen LogP contribution in [0.3, 0.4) is 0 Å². The molecule has 0 aliphatic heterocycles.